The van der Waals surface area contributed by atoms with Crippen LogP contribution in [0.25, 0.3) is 0 Å². The highest BCUT2D eigenvalue weighted by atomic mass is 79.9. The number of aryl methyl sites for hydroxylation is 1. The number of halogens is 1. The minimum atomic E-state index is -0.0578. The third kappa shape index (κ3) is 2.41. The molecule has 1 aromatic carbocycles. The summed E-state index contributed by atoms with van der Waals surface area (Å²) >= 11 is 3.33. The second-order valence-electron chi connectivity index (χ2n) is 2.62. The van der Waals surface area contributed by atoms with Gasteiger partial charge >= 0.3 is 0 Å². The topological polar surface area (TPSA) is 40.5 Å². The quantitative estimate of drug-likeness (QED) is 0.619. The lowest BCUT2D eigenvalue weighted by Crippen LogP contribution is -1.85. The number of aromatic hydroxyl groups is 2. The number of phenolic OH excluding ortho intramolecular Hbond substituents is 2. The molecule has 0 aliphatic heterocycles. The van der Waals surface area contributed by atoms with Gasteiger partial charge in [0.05, 0.1) is 0 Å². The van der Waals surface area contributed by atoms with Crippen LogP contribution in [0.4, 0.5) is 0 Å². The van der Waals surface area contributed by atoms with Crippen LogP contribution in [-0.2, 0) is 6.42 Å². The lowest BCUT2D eigenvalue weighted by molar-refractivity contribution is 0.403. The van der Waals surface area contributed by atoms with E-state index in [4.69, 9.17) is 10.2 Å². The molecule has 0 aromatic heterocycles. The fraction of sp³-hybridized carbons (Fsp3) is 0.333. The average molecular weight is 231 g/mol. The van der Waals surface area contributed by atoms with Gasteiger partial charge in [-0.2, -0.15) is 0 Å². The van der Waals surface area contributed by atoms with Crippen molar-refractivity contribution in [2.24, 2.45) is 0 Å². The molecule has 1 aromatic rings. The molecule has 0 unspecified atom stereocenters. The summed E-state index contributed by atoms with van der Waals surface area (Å²) in [6.45, 7) is 0. The highest BCUT2D eigenvalue weighted by Gasteiger charge is 1.99. The van der Waals surface area contributed by atoms with Crippen molar-refractivity contribution in [1.82, 2.24) is 0 Å². The van der Waals surface area contributed by atoms with Crippen molar-refractivity contribution in [3.8, 4) is 11.5 Å². The van der Waals surface area contributed by atoms with Crippen LogP contribution in [0.15, 0.2) is 18.2 Å². The van der Waals surface area contributed by atoms with Gasteiger partial charge in [0.2, 0.25) is 0 Å². The van der Waals surface area contributed by atoms with Crippen molar-refractivity contribution >= 4 is 15.9 Å². The van der Waals surface area contributed by atoms with Gasteiger partial charge in [-0.15, -0.1) is 0 Å². The first-order valence-electron chi connectivity index (χ1n) is 3.81. The SMILES string of the molecule is Oc1ccc(CCCBr)cc1O. The van der Waals surface area contributed by atoms with Crippen LogP contribution in [-0.4, -0.2) is 15.5 Å². The highest BCUT2D eigenvalue weighted by molar-refractivity contribution is 9.09. The Kier molecular flexibility index (Phi) is 3.41. The van der Waals surface area contributed by atoms with Gasteiger partial charge in [-0.25, -0.2) is 0 Å². The van der Waals surface area contributed by atoms with Gasteiger partial charge < -0.3 is 10.2 Å². The molecule has 0 radical (unpaired) electrons. The van der Waals surface area contributed by atoms with E-state index in [0.717, 1.165) is 23.7 Å². The fourth-order valence-corrected chi connectivity index (χ4v) is 1.28. The zero-order chi connectivity index (χ0) is 8.97. The molecule has 0 heterocycles. The minimum absolute atomic E-state index is 0.0397. The van der Waals surface area contributed by atoms with Gasteiger partial charge in [0.25, 0.3) is 0 Å². The minimum Gasteiger partial charge on any atom is -0.504 e. The van der Waals surface area contributed by atoms with Gasteiger partial charge in [-0.05, 0) is 30.5 Å². The van der Waals surface area contributed by atoms with E-state index in [1.54, 1.807) is 6.07 Å². The molecule has 66 valence electrons. The number of hydrogen-bond donors (Lipinski definition) is 2. The van der Waals surface area contributed by atoms with Crippen molar-refractivity contribution in [1.29, 1.82) is 0 Å². The number of rotatable bonds is 3. The van der Waals surface area contributed by atoms with Crippen molar-refractivity contribution < 1.29 is 10.2 Å². The number of phenols is 2. The highest BCUT2D eigenvalue weighted by Crippen LogP contribution is 2.25. The second kappa shape index (κ2) is 4.36. The maximum atomic E-state index is 9.14. The molecule has 0 spiro atoms. The van der Waals surface area contributed by atoms with Gasteiger partial charge in [-0.3, -0.25) is 0 Å². The molecule has 3 heteroatoms. The predicted molar refractivity (Wildman–Crippen MR) is 51.9 cm³/mol. The van der Waals surface area contributed by atoms with Crippen LogP contribution in [0, 0.1) is 0 Å². The van der Waals surface area contributed by atoms with E-state index in [-0.39, 0.29) is 11.5 Å². The Morgan fingerprint density at radius 1 is 1.17 bits per heavy atom. The van der Waals surface area contributed by atoms with Gasteiger partial charge in [0, 0.05) is 5.33 Å². The fourth-order valence-electron chi connectivity index (χ4n) is 0.995. The standard InChI is InChI=1S/C9H11BrO2/c10-5-1-2-7-3-4-8(11)9(12)6-7/h3-4,6,11-12H,1-2,5H2. The lowest BCUT2D eigenvalue weighted by Gasteiger charge is -2.01. The van der Waals surface area contributed by atoms with E-state index in [2.05, 4.69) is 15.9 Å². The van der Waals surface area contributed by atoms with E-state index in [1.165, 1.54) is 6.07 Å². The van der Waals surface area contributed by atoms with Crippen LogP contribution in [0.2, 0.25) is 0 Å². The van der Waals surface area contributed by atoms with Crippen molar-refractivity contribution in [3.05, 3.63) is 23.8 Å². The normalized spacial score (nSPS) is 10.1. The summed E-state index contributed by atoms with van der Waals surface area (Å²) < 4.78 is 0. The Morgan fingerprint density at radius 3 is 2.50 bits per heavy atom. The number of hydrogen-bond acceptors (Lipinski definition) is 2. The van der Waals surface area contributed by atoms with Crippen LogP contribution in [0.5, 0.6) is 11.5 Å². The zero-order valence-electron chi connectivity index (χ0n) is 6.63. The molecule has 0 aliphatic rings. The molecule has 0 saturated heterocycles. The van der Waals surface area contributed by atoms with Gasteiger partial charge in [0.1, 0.15) is 0 Å². The molecule has 2 N–H and O–H groups in total. The van der Waals surface area contributed by atoms with Crippen LogP contribution < -0.4 is 0 Å². The first-order valence-corrected chi connectivity index (χ1v) is 4.93. The molecular formula is C9H11BrO2. The van der Waals surface area contributed by atoms with Crippen molar-refractivity contribution in [3.63, 3.8) is 0 Å². The molecule has 0 amide bonds. The van der Waals surface area contributed by atoms with Crippen LogP contribution in [0.1, 0.15) is 12.0 Å². The first-order chi connectivity index (χ1) is 5.74. The Morgan fingerprint density at radius 2 is 1.92 bits per heavy atom. The molecule has 2 nitrogen and oxygen atoms in total. The molecular weight excluding hydrogens is 220 g/mol. The van der Waals surface area contributed by atoms with Crippen molar-refractivity contribution in [2.45, 2.75) is 12.8 Å². The van der Waals surface area contributed by atoms with E-state index < -0.39 is 0 Å². The third-order valence-electron chi connectivity index (χ3n) is 1.64. The summed E-state index contributed by atoms with van der Waals surface area (Å²) in [4.78, 5) is 0. The second-order valence-corrected chi connectivity index (χ2v) is 3.41. The Bertz CT molecular complexity index is 261. The number of benzene rings is 1. The summed E-state index contributed by atoms with van der Waals surface area (Å²) in [6, 6.07) is 4.93. The summed E-state index contributed by atoms with van der Waals surface area (Å²) in [5, 5.41) is 19.1. The maximum Gasteiger partial charge on any atom is 0.157 e. The van der Waals surface area contributed by atoms with E-state index >= 15 is 0 Å². The van der Waals surface area contributed by atoms with Crippen molar-refractivity contribution in [2.75, 3.05) is 5.33 Å². The molecule has 0 aliphatic carbocycles. The lowest BCUT2D eigenvalue weighted by atomic mass is 10.1. The Hall–Kier alpha value is -0.700. The van der Waals surface area contributed by atoms with Crippen LogP contribution in [0.3, 0.4) is 0 Å². The molecule has 0 fully saturated rings. The maximum absolute atomic E-state index is 9.14. The predicted octanol–water partition coefficient (Wildman–Crippen LogP) is 2.43. The van der Waals surface area contributed by atoms with Gasteiger partial charge in [0.15, 0.2) is 11.5 Å². The molecule has 12 heavy (non-hydrogen) atoms. The van der Waals surface area contributed by atoms with E-state index in [1.807, 2.05) is 6.07 Å². The van der Waals surface area contributed by atoms with E-state index in [0.29, 0.717) is 0 Å². The van der Waals surface area contributed by atoms with Gasteiger partial charge in [-0.1, -0.05) is 22.0 Å². The average Bonchev–Trinajstić information content (AvgIpc) is 2.07. The smallest absolute Gasteiger partial charge is 0.157 e. The van der Waals surface area contributed by atoms with E-state index in [9.17, 15) is 0 Å². The Balaban J connectivity index is 2.69. The third-order valence-corrected chi connectivity index (χ3v) is 2.20. The molecule has 1 rings (SSSR count). The largest absolute Gasteiger partial charge is 0.504 e. The Labute approximate surface area is 80.0 Å². The summed E-state index contributed by atoms with van der Waals surface area (Å²) in [5.41, 5.74) is 1.05. The summed E-state index contributed by atoms with van der Waals surface area (Å²) in [6.07, 6.45) is 1.95. The first kappa shape index (κ1) is 9.39. The summed E-state index contributed by atoms with van der Waals surface area (Å²) in [5.74, 6) is -0.0975. The molecule has 0 bridgehead atoms. The monoisotopic (exact) mass is 230 g/mol. The number of alkyl halides is 1. The summed E-state index contributed by atoms with van der Waals surface area (Å²) in [7, 11) is 0. The molecule has 0 atom stereocenters. The van der Waals surface area contributed by atoms with Crippen LogP contribution >= 0.6 is 15.9 Å². The molecule has 0 saturated carbocycles. The zero-order valence-corrected chi connectivity index (χ0v) is 8.21.